The summed E-state index contributed by atoms with van der Waals surface area (Å²) < 4.78 is 27.4. The molecular formula is C14H22BrNO3S. The van der Waals surface area contributed by atoms with Crippen LogP contribution >= 0.6 is 15.9 Å². The van der Waals surface area contributed by atoms with Crippen molar-refractivity contribution in [2.75, 3.05) is 7.05 Å². The average Bonchev–Trinajstić information content (AvgIpc) is 2.39. The van der Waals surface area contributed by atoms with Gasteiger partial charge in [-0.15, -0.1) is 0 Å². The molecule has 0 aliphatic carbocycles. The van der Waals surface area contributed by atoms with E-state index in [9.17, 15) is 13.5 Å². The Bertz CT molecular complexity index is 584. The summed E-state index contributed by atoms with van der Waals surface area (Å²) in [6.45, 7) is 7.50. The van der Waals surface area contributed by atoms with Crippen molar-refractivity contribution in [3.05, 3.63) is 27.7 Å². The molecule has 0 amide bonds. The fourth-order valence-electron chi connectivity index (χ4n) is 1.88. The second-order valence-corrected chi connectivity index (χ2v) is 8.15. The fourth-order valence-corrected chi connectivity index (χ4v) is 4.40. The Labute approximate surface area is 130 Å². The molecule has 0 fully saturated rings. The molecular weight excluding hydrogens is 342 g/mol. The standard InChI is InChI=1S/C14H22BrNO3S/c1-9(2)11(4)16(5)20(18,19)13-7-12(8-17)6-10(3)14(13)15/h6-7,9,11,17H,8H2,1-5H3. The van der Waals surface area contributed by atoms with E-state index in [-0.39, 0.29) is 23.5 Å². The molecule has 1 rings (SSSR count). The van der Waals surface area contributed by atoms with Gasteiger partial charge >= 0.3 is 0 Å². The van der Waals surface area contributed by atoms with Crippen molar-refractivity contribution < 1.29 is 13.5 Å². The second kappa shape index (κ2) is 6.56. The lowest BCUT2D eigenvalue weighted by molar-refractivity contribution is 0.281. The molecule has 0 aromatic heterocycles. The van der Waals surface area contributed by atoms with Gasteiger partial charge in [0.1, 0.15) is 0 Å². The Morgan fingerprint density at radius 1 is 1.30 bits per heavy atom. The second-order valence-electron chi connectivity index (χ2n) is 5.39. The maximum atomic E-state index is 12.7. The van der Waals surface area contributed by atoms with E-state index < -0.39 is 10.0 Å². The Balaban J connectivity index is 3.39. The number of aliphatic hydroxyl groups is 1. The summed E-state index contributed by atoms with van der Waals surface area (Å²) in [5.41, 5.74) is 1.38. The summed E-state index contributed by atoms with van der Waals surface area (Å²) in [6, 6.07) is 3.19. The van der Waals surface area contributed by atoms with Gasteiger partial charge in [0.05, 0.1) is 11.5 Å². The van der Waals surface area contributed by atoms with Crippen LogP contribution in [-0.2, 0) is 16.6 Å². The van der Waals surface area contributed by atoms with Gasteiger partial charge in [0.25, 0.3) is 0 Å². The Kier molecular flexibility index (Phi) is 5.78. The predicted molar refractivity (Wildman–Crippen MR) is 84.1 cm³/mol. The minimum Gasteiger partial charge on any atom is -0.392 e. The van der Waals surface area contributed by atoms with Gasteiger partial charge in [-0.1, -0.05) is 19.9 Å². The third-order valence-corrected chi connectivity index (χ3v) is 6.94. The van der Waals surface area contributed by atoms with Crippen molar-refractivity contribution in [1.29, 1.82) is 0 Å². The highest BCUT2D eigenvalue weighted by Crippen LogP contribution is 2.30. The first-order valence-electron chi connectivity index (χ1n) is 6.50. The normalized spacial score (nSPS) is 14.1. The number of halogens is 1. The zero-order valence-electron chi connectivity index (χ0n) is 12.5. The van der Waals surface area contributed by atoms with E-state index in [4.69, 9.17) is 0 Å². The zero-order chi connectivity index (χ0) is 15.7. The van der Waals surface area contributed by atoms with Gasteiger partial charge < -0.3 is 5.11 Å². The van der Waals surface area contributed by atoms with Crippen LogP contribution in [0.2, 0.25) is 0 Å². The number of aryl methyl sites for hydroxylation is 1. The molecule has 1 unspecified atom stereocenters. The molecule has 0 bridgehead atoms. The maximum absolute atomic E-state index is 12.7. The Morgan fingerprint density at radius 2 is 1.85 bits per heavy atom. The van der Waals surface area contributed by atoms with Crippen LogP contribution in [0.15, 0.2) is 21.5 Å². The number of rotatable bonds is 5. The lowest BCUT2D eigenvalue weighted by atomic mass is 10.1. The van der Waals surface area contributed by atoms with Gasteiger partial charge in [0, 0.05) is 17.6 Å². The van der Waals surface area contributed by atoms with Gasteiger partial charge in [-0.3, -0.25) is 0 Å². The molecule has 0 saturated heterocycles. The van der Waals surface area contributed by atoms with Crippen LogP contribution in [-0.4, -0.2) is 30.9 Å². The third kappa shape index (κ3) is 3.42. The minimum absolute atomic E-state index is 0.106. The molecule has 1 aromatic rings. The zero-order valence-corrected chi connectivity index (χ0v) is 14.9. The van der Waals surface area contributed by atoms with E-state index >= 15 is 0 Å². The van der Waals surface area contributed by atoms with Crippen LogP contribution in [0.25, 0.3) is 0 Å². The Hall–Kier alpha value is -0.430. The summed E-state index contributed by atoms with van der Waals surface area (Å²) in [4.78, 5) is 0.205. The summed E-state index contributed by atoms with van der Waals surface area (Å²) in [5.74, 6) is 0.218. The van der Waals surface area contributed by atoms with Crippen molar-refractivity contribution in [3.63, 3.8) is 0 Å². The van der Waals surface area contributed by atoms with E-state index in [1.807, 2.05) is 27.7 Å². The average molecular weight is 364 g/mol. The molecule has 0 spiro atoms. The predicted octanol–water partition coefficient (Wildman–Crippen LogP) is 2.91. The van der Waals surface area contributed by atoms with Gasteiger partial charge in [-0.2, -0.15) is 4.31 Å². The first kappa shape index (κ1) is 17.6. The van der Waals surface area contributed by atoms with Crippen molar-refractivity contribution in [2.45, 2.75) is 45.2 Å². The SMILES string of the molecule is Cc1cc(CO)cc(S(=O)(=O)N(C)C(C)C(C)C)c1Br. The van der Waals surface area contributed by atoms with Gasteiger partial charge in [0.15, 0.2) is 0 Å². The molecule has 1 N–H and O–H groups in total. The number of sulfonamides is 1. The van der Waals surface area contributed by atoms with Crippen LogP contribution in [0.5, 0.6) is 0 Å². The van der Waals surface area contributed by atoms with Crippen LogP contribution < -0.4 is 0 Å². The number of hydrogen-bond acceptors (Lipinski definition) is 3. The molecule has 0 saturated carbocycles. The van der Waals surface area contributed by atoms with Crippen molar-refractivity contribution in [3.8, 4) is 0 Å². The van der Waals surface area contributed by atoms with Crippen LogP contribution in [0.4, 0.5) is 0 Å². The highest BCUT2D eigenvalue weighted by Gasteiger charge is 2.29. The lowest BCUT2D eigenvalue weighted by Crippen LogP contribution is -2.38. The van der Waals surface area contributed by atoms with Gasteiger partial charge in [-0.25, -0.2) is 8.42 Å². The number of benzene rings is 1. The van der Waals surface area contributed by atoms with E-state index in [0.29, 0.717) is 10.0 Å². The number of nitrogens with zero attached hydrogens (tertiary/aromatic N) is 1. The molecule has 20 heavy (non-hydrogen) atoms. The maximum Gasteiger partial charge on any atom is 0.244 e. The molecule has 1 atom stereocenters. The topological polar surface area (TPSA) is 57.6 Å². The minimum atomic E-state index is -3.59. The quantitative estimate of drug-likeness (QED) is 0.874. The summed E-state index contributed by atoms with van der Waals surface area (Å²) in [5, 5.41) is 9.26. The van der Waals surface area contributed by atoms with Crippen LogP contribution in [0.3, 0.4) is 0 Å². The molecule has 0 radical (unpaired) electrons. The monoisotopic (exact) mass is 363 g/mol. The molecule has 6 heteroatoms. The first-order chi connectivity index (χ1) is 9.12. The third-order valence-electron chi connectivity index (χ3n) is 3.66. The number of hydrogen-bond donors (Lipinski definition) is 1. The first-order valence-corrected chi connectivity index (χ1v) is 8.74. The smallest absolute Gasteiger partial charge is 0.244 e. The Morgan fingerprint density at radius 3 is 2.30 bits per heavy atom. The summed E-state index contributed by atoms with van der Waals surface area (Å²) in [6.07, 6.45) is 0. The van der Waals surface area contributed by atoms with Gasteiger partial charge in [-0.05, 0) is 52.9 Å². The van der Waals surface area contributed by atoms with E-state index in [2.05, 4.69) is 15.9 Å². The highest BCUT2D eigenvalue weighted by molar-refractivity contribution is 9.10. The van der Waals surface area contributed by atoms with E-state index in [0.717, 1.165) is 5.56 Å². The lowest BCUT2D eigenvalue weighted by Gasteiger charge is -2.28. The van der Waals surface area contributed by atoms with Gasteiger partial charge in [0.2, 0.25) is 10.0 Å². The summed E-state index contributed by atoms with van der Waals surface area (Å²) in [7, 11) is -2.00. The van der Waals surface area contributed by atoms with Crippen LogP contribution in [0, 0.1) is 12.8 Å². The van der Waals surface area contributed by atoms with E-state index in [1.54, 1.807) is 13.1 Å². The van der Waals surface area contributed by atoms with Crippen molar-refractivity contribution >= 4 is 26.0 Å². The van der Waals surface area contributed by atoms with Crippen LogP contribution in [0.1, 0.15) is 31.9 Å². The highest BCUT2D eigenvalue weighted by atomic mass is 79.9. The fraction of sp³-hybridized carbons (Fsp3) is 0.571. The number of aliphatic hydroxyl groups excluding tert-OH is 1. The molecule has 4 nitrogen and oxygen atoms in total. The molecule has 1 aromatic carbocycles. The molecule has 0 aliphatic heterocycles. The molecule has 0 aliphatic rings. The van der Waals surface area contributed by atoms with E-state index in [1.165, 1.54) is 10.4 Å². The van der Waals surface area contributed by atoms with Crippen molar-refractivity contribution in [2.24, 2.45) is 5.92 Å². The molecule has 0 heterocycles. The van der Waals surface area contributed by atoms with Crippen molar-refractivity contribution in [1.82, 2.24) is 4.31 Å². The largest absolute Gasteiger partial charge is 0.392 e. The molecule has 114 valence electrons. The summed E-state index contributed by atoms with van der Waals surface area (Å²) >= 11 is 3.35.